The third kappa shape index (κ3) is 4.30. The number of ether oxygens (including phenoxy) is 6. The number of allylic oxidation sites excluding steroid dienone is 1. The summed E-state index contributed by atoms with van der Waals surface area (Å²) in [7, 11) is 4.41. The van der Waals surface area contributed by atoms with Crippen molar-refractivity contribution in [1.29, 1.82) is 0 Å². The zero-order chi connectivity index (χ0) is 26.3. The maximum atomic E-state index is 13.4. The molecule has 11 nitrogen and oxygen atoms in total. The van der Waals surface area contributed by atoms with E-state index in [2.05, 4.69) is 0 Å². The fourth-order valence-electron chi connectivity index (χ4n) is 4.11. The Morgan fingerprint density at radius 2 is 1.56 bits per heavy atom. The van der Waals surface area contributed by atoms with Crippen LogP contribution in [-0.2, 0) is 4.74 Å². The summed E-state index contributed by atoms with van der Waals surface area (Å²) in [6.07, 6.45) is -5.28. The Balaban J connectivity index is 1.72. The van der Waals surface area contributed by atoms with E-state index in [1.807, 2.05) is 0 Å². The molecule has 0 radical (unpaired) electrons. The van der Waals surface area contributed by atoms with Crippen LogP contribution >= 0.6 is 0 Å². The van der Waals surface area contributed by atoms with Gasteiger partial charge in [-0.05, 0) is 37.6 Å². The van der Waals surface area contributed by atoms with Crippen LogP contribution in [0.4, 0.5) is 0 Å². The number of aliphatic hydroxyl groups excluding tert-OH is 3. The summed E-state index contributed by atoms with van der Waals surface area (Å²) in [6, 6.07) is 4.55. The Hall–Kier alpha value is -3.51. The molecule has 2 aliphatic heterocycles. The molecule has 2 aliphatic rings. The van der Waals surface area contributed by atoms with Crippen molar-refractivity contribution in [3.63, 3.8) is 0 Å². The summed E-state index contributed by atoms with van der Waals surface area (Å²) in [6.45, 7) is 3.02. The van der Waals surface area contributed by atoms with E-state index < -0.39 is 36.5 Å². The second-order valence-corrected chi connectivity index (χ2v) is 8.42. The van der Waals surface area contributed by atoms with Crippen molar-refractivity contribution < 1.29 is 53.6 Å². The molecule has 2 aromatic carbocycles. The van der Waals surface area contributed by atoms with Gasteiger partial charge in [0.15, 0.2) is 17.3 Å². The predicted octanol–water partition coefficient (Wildman–Crippen LogP) is 1.55. The molecular formula is C25H28O11. The molecule has 0 amide bonds. The van der Waals surface area contributed by atoms with Crippen molar-refractivity contribution >= 4 is 11.9 Å². The zero-order valence-corrected chi connectivity index (χ0v) is 20.3. The van der Waals surface area contributed by atoms with E-state index in [4.69, 9.17) is 28.4 Å². The summed E-state index contributed by atoms with van der Waals surface area (Å²) < 4.78 is 33.1. The van der Waals surface area contributed by atoms with E-state index in [0.717, 1.165) is 0 Å². The van der Waals surface area contributed by atoms with Gasteiger partial charge in [-0.1, -0.05) is 0 Å². The molecule has 0 unspecified atom stereocenters. The van der Waals surface area contributed by atoms with Gasteiger partial charge in [0.1, 0.15) is 41.1 Å². The Bertz CT molecular complexity index is 1180. The molecule has 2 heterocycles. The van der Waals surface area contributed by atoms with Crippen LogP contribution < -0.4 is 23.7 Å². The van der Waals surface area contributed by atoms with Gasteiger partial charge in [0.2, 0.25) is 17.8 Å². The minimum atomic E-state index is -1.61. The zero-order valence-electron chi connectivity index (χ0n) is 20.3. The average molecular weight is 504 g/mol. The number of Topliss-reactive ketones (excluding diaryl/α,β-unsaturated/α-hetero) is 1. The molecule has 0 spiro atoms. The molecule has 5 atom stereocenters. The lowest BCUT2D eigenvalue weighted by molar-refractivity contribution is -0.268. The molecule has 194 valence electrons. The van der Waals surface area contributed by atoms with Crippen LogP contribution in [0.25, 0.3) is 6.08 Å². The lowest BCUT2D eigenvalue weighted by atomic mass is 9.99. The van der Waals surface area contributed by atoms with Gasteiger partial charge in [-0.15, -0.1) is 0 Å². The van der Waals surface area contributed by atoms with Gasteiger partial charge >= 0.3 is 0 Å². The molecule has 0 bridgehead atoms. The van der Waals surface area contributed by atoms with Gasteiger partial charge in [0, 0.05) is 11.6 Å². The van der Waals surface area contributed by atoms with E-state index in [9.17, 15) is 25.2 Å². The molecule has 1 fully saturated rings. The van der Waals surface area contributed by atoms with Crippen LogP contribution in [0, 0.1) is 6.92 Å². The second kappa shape index (κ2) is 9.86. The van der Waals surface area contributed by atoms with Crippen LogP contribution in [0.3, 0.4) is 0 Å². The van der Waals surface area contributed by atoms with Gasteiger partial charge in [0.05, 0.1) is 27.4 Å². The third-order valence-electron chi connectivity index (χ3n) is 6.16. The largest absolute Gasteiger partial charge is 0.507 e. The highest BCUT2D eigenvalue weighted by atomic mass is 16.7. The Morgan fingerprint density at radius 1 is 0.917 bits per heavy atom. The van der Waals surface area contributed by atoms with E-state index in [1.54, 1.807) is 12.1 Å². The smallest absolute Gasteiger partial charge is 0.235 e. The lowest BCUT2D eigenvalue weighted by Crippen LogP contribution is -2.58. The number of ketones is 1. The van der Waals surface area contributed by atoms with E-state index in [-0.39, 0.29) is 34.1 Å². The summed E-state index contributed by atoms with van der Waals surface area (Å²) in [5, 5.41) is 40.9. The number of fused-ring (bicyclic) bond motifs is 1. The van der Waals surface area contributed by atoms with Crippen LogP contribution in [0.15, 0.2) is 24.0 Å². The van der Waals surface area contributed by atoms with Crippen molar-refractivity contribution in [3.05, 3.63) is 40.6 Å². The quantitative estimate of drug-likeness (QED) is 0.424. The molecule has 4 N–H and O–H groups in total. The standard InChI is InChI=1S/C25H28O11/c1-10-13(26)9-14-18(23(10)36-25-22(30)21(29)19(27)11(2)34-25)20(28)15(35-14)6-12-7-16(31-3)24(33-5)17(8-12)32-4/h6-9,11,19,21-22,25-27,29-30H,1-5H3/b15-6-/t11-,19-,21+,22+,25-/m0/s1. The van der Waals surface area contributed by atoms with E-state index >= 15 is 0 Å². The van der Waals surface area contributed by atoms with Crippen LogP contribution in [-0.4, -0.2) is 78.2 Å². The number of carbonyl (C=O) groups excluding carboxylic acids is 1. The number of hydrogen-bond donors (Lipinski definition) is 4. The summed E-state index contributed by atoms with van der Waals surface area (Å²) >= 11 is 0. The fraction of sp³-hybridized carbons (Fsp3) is 0.400. The van der Waals surface area contributed by atoms with E-state index in [1.165, 1.54) is 47.3 Å². The van der Waals surface area contributed by atoms with Crippen LogP contribution in [0.5, 0.6) is 34.5 Å². The minimum Gasteiger partial charge on any atom is -0.507 e. The number of carbonyl (C=O) groups is 1. The fourth-order valence-corrected chi connectivity index (χ4v) is 4.11. The van der Waals surface area contributed by atoms with Gasteiger partial charge in [-0.2, -0.15) is 0 Å². The molecule has 0 saturated carbocycles. The van der Waals surface area contributed by atoms with Crippen LogP contribution in [0.1, 0.15) is 28.4 Å². The second-order valence-electron chi connectivity index (χ2n) is 8.42. The predicted molar refractivity (Wildman–Crippen MR) is 125 cm³/mol. The van der Waals surface area contributed by atoms with Crippen molar-refractivity contribution in [2.24, 2.45) is 0 Å². The van der Waals surface area contributed by atoms with E-state index in [0.29, 0.717) is 22.8 Å². The number of phenols is 1. The number of aromatic hydroxyl groups is 1. The first kappa shape index (κ1) is 25.6. The molecule has 36 heavy (non-hydrogen) atoms. The normalized spacial score (nSPS) is 26.4. The molecule has 2 aromatic rings. The summed E-state index contributed by atoms with van der Waals surface area (Å²) in [5.74, 6) is 0.264. The van der Waals surface area contributed by atoms with Crippen LogP contribution in [0.2, 0.25) is 0 Å². The topological polar surface area (TPSA) is 153 Å². The maximum Gasteiger partial charge on any atom is 0.235 e. The van der Waals surface area contributed by atoms with Gasteiger partial charge in [-0.25, -0.2) is 0 Å². The van der Waals surface area contributed by atoms with Gasteiger partial charge in [0.25, 0.3) is 0 Å². The molecule has 1 saturated heterocycles. The first-order valence-electron chi connectivity index (χ1n) is 11.1. The highest BCUT2D eigenvalue weighted by Crippen LogP contribution is 2.46. The Morgan fingerprint density at radius 3 is 2.14 bits per heavy atom. The lowest BCUT2D eigenvalue weighted by Gasteiger charge is -2.39. The van der Waals surface area contributed by atoms with Gasteiger partial charge in [-0.3, -0.25) is 4.79 Å². The molecule has 4 rings (SSSR count). The highest BCUT2D eigenvalue weighted by molar-refractivity contribution is 6.16. The number of benzene rings is 2. The highest BCUT2D eigenvalue weighted by Gasteiger charge is 2.44. The molecule has 0 aromatic heterocycles. The number of phenolic OH excluding ortho intramolecular Hbond substituents is 1. The number of methoxy groups -OCH3 is 3. The average Bonchev–Trinajstić information content (AvgIpc) is 3.16. The third-order valence-corrected chi connectivity index (χ3v) is 6.16. The van der Waals surface area contributed by atoms with Crippen molar-refractivity contribution in [2.75, 3.05) is 21.3 Å². The molecule has 11 heteroatoms. The summed E-state index contributed by atoms with van der Waals surface area (Å²) in [5.41, 5.74) is 0.720. The number of rotatable bonds is 6. The number of aliphatic hydroxyl groups is 3. The molecular weight excluding hydrogens is 476 g/mol. The Labute approximate surface area is 207 Å². The summed E-state index contributed by atoms with van der Waals surface area (Å²) in [4.78, 5) is 13.4. The first-order valence-corrected chi connectivity index (χ1v) is 11.1. The number of hydrogen-bond acceptors (Lipinski definition) is 11. The van der Waals surface area contributed by atoms with Gasteiger partial charge < -0.3 is 48.8 Å². The van der Waals surface area contributed by atoms with Crippen molar-refractivity contribution in [3.8, 4) is 34.5 Å². The molecule has 0 aliphatic carbocycles. The Kier molecular flexibility index (Phi) is 7.01. The maximum absolute atomic E-state index is 13.4. The van der Waals surface area contributed by atoms with Crippen molar-refractivity contribution in [2.45, 2.75) is 44.6 Å². The first-order chi connectivity index (χ1) is 17.1. The SMILES string of the molecule is COc1cc(/C=C2\Oc3cc(O)c(C)c(O[C@@H]4O[C@@H](C)[C@H](O)[C@@H](O)[C@H]4O)c3C2=O)cc(OC)c1OC. The monoisotopic (exact) mass is 504 g/mol. The van der Waals surface area contributed by atoms with Crippen molar-refractivity contribution in [1.82, 2.24) is 0 Å². The minimum absolute atomic E-state index is 0.00746.